The van der Waals surface area contributed by atoms with E-state index >= 15 is 0 Å². The fourth-order valence-corrected chi connectivity index (χ4v) is 6.15. The number of likely N-dealkylation sites (N-methyl/N-ethyl adjacent to an activating group) is 1. The van der Waals surface area contributed by atoms with Crippen LogP contribution in [0, 0.1) is 0 Å². The van der Waals surface area contributed by atoms with Gasteiger partial charge >= 0.3 is 0 Å². The van der Waals surface area contributed by atoms with E-state index in [-0.39, 0.29) is 16.7 Å². The zero-order chi connectivity index (χ0) is 23.5. The number of thiophene rings is 1. The molecular formula is C22H30N4O4S2. The number of nitrogens with one attached hydrogen (secondary N) is 2. The number of benzene rings is 1. The van der Waals surface area contributed by atoms with Crippen LogP contribution in [0.1, 0.15) is 50.9 Å². The molecule has 2 heterocycles. The molecule has 8 nitrogen and oxygen atoms in total. The van der Waals surface area contributed by atoms with E-state index in [1.54, 1.807) is 14.1 Å². The van der Waals surface area contributed by atoms with E-state index < -0.39 is 10.0 Å². The fraction of sp³-hybridized carbons (Fsp3) is 0.455. The van der Waals surface area contributed by atoms with Crippen LogP contribution in [0.4, 0.5) is 5.00 Å². The highest BCUT2D eigenvalue weighted by atomic mass is 32.2. The van der Waals surface area contributed by atoms with Crippen molar-refractivity contribution in [3.05, 3.63) is 45.8 Å². The predicted molar refractivity (Wildman–Crippen MR) is 127 cm³/mol. The lowest BCUT2D eigenvalue weighted by Crippen LogP contribution is -2.28. The van der Waals surface area contributed by atoms with Gasteiger partial charge in [-0.3, -0.25) is 9.59 Å². The average Bonchev–Trinajstić information content (AvgIpc) is 3.13. The first-order valence-corrected chi connectivity index (χ1v) is 12.9. The number of nitrogens with zero attached hydrogens (tertiary/aromatic N) is 2. The maximum absolute atomic E-state index is 12.9. The third kappa shape index (κ3) is 5.03. The standard InChI is InChI=1S/C22H30N4O4S2/c1-5-6-12-26(4)32(29,30)16-9-7-15(8-10-16)20(27)24-22-19(21(28)23-2)17-11-13-25(3)14-18(17)31-22/h7-10H,5-6,11-14H2,1-4H3,(H,23,28)(H,24,27). The number of rotatable bonds is 8. The van der Waals surface area contributed by atoms with Crippen LogP contribution in [-0.4, -0.2) is 63.7 Å². The molecule has 0 unspecified atom stereocenters. The largest absolute Gasteiger partial charge is 0.355 e. The first-order valence-electron chi connectivity index (χ1n) is 10.6. The van der Waals surface area contributed by atoms with E-state index in [0.717, 1.165) is 42.8 Å². The molecule has 1 aliphatic heterocycles. The first-order chi connectivity index (χ1) is 15.2. The predicted octanol–water partition coefficient (Wildman–Crippen LogP) is 2.77. The molecule has 174 valence electrons. The minimum absolute atomic E-state index is 0.147. The van der Waals surface area contributed by atoms with Crippen LogP contribution in [0.5, 0.6) is 0 Å². The molecule has 0 saturated carbocycles. The van der Waals surface area contributed by atoms with Gasteiger partial charge in [-0.05, 0) is 49.7 Å². The van der Waals surface area contributed by atoms with E-state index in [1.165, 1.54) is 39.9 Å². The summed E-state index contributed by atoms with van der Waals surface area (Å²) in [4.78, 5) is 28.8. The highest BCUT2D eigenvalue weighted by Crippen LogP contribution is 2.37. The Balaban J connectivity index is 1.82. The molecule has 0 fully saturated rings. The Morgan fingerprint density at radius 3 is 2.50 bits per heavy atom. The van der Waals surface area contributed by atoms with Gasteiger partial charge in [0.2, 0.25) is 10.0 Å². The topological polar surface area (TPSA) is 98.8 Å². The molecule has 1 aromatic carbocycles. The number of carbonyl (C=O) groups is 2. The zero-order valence-corrected chi connectivity index (χ0v) is 20.5. The summed E-state index contributed by atoms with van der Waals surface area (Å²) < 4.78 is 26.7. The van der Waals surface area contributed by atoms with Crippen molar-refractivity contribution >= 4 is 38.2 Å². The molecule has 0 radical (unpaired) electrons. The van der Waals surface area contributed by atoms with Gasteiger partial charge in [-0.1, -0.05) is 13.3 Å². The molecule has 1 aromatic heterocycles. The summed E-state index contributed by atoms with van der Waals surface area (Å²) in [5.74, 6) is -0.607. The molecule has 0 atom stereocenters. The maximum Gasteiger partial charge on any atom is 0.256 e. The molecule has 0 bridgehead atoms. The molecule has 0 spiro atoms. The Kier molecular flexibility index (Phi) is 7.71. The summed E-state index contributed by atoms with van der Waals surface area (Å²) in [7, 11) is 1.56. The molecule has 2 aromatic rings. The third-order valence-corrected chi connectivity index (χ3v) is 8.58. The fourth-order valence-electron chi connectivity index (χ4n) is 3.62. The summed E-state index contributed by atoms with van der Waals surface area (Å²) >= 11 is 1.41. The van der Waals surface area contributed by atoms with Gasteiger partial charge in [-0.15, -0.1) is 11.3 Å². The molecular weight excluding hydrogens is 448 g/mol. The highest BCUT2D eigenvalue weighted by Gasteiger charge is 2.27. The van der Waals surface area contributed by atoms with Gasteiger partial charge in [0.25, 0.3) is 11.8 Å². The van der Waals surface area contributed by atoms with Crippen LogP contribution < -0.4 is 10.6 Å². The van der Waals surface area contributed by atoms with Crippen molar-refractivity contribution in [3.63, 3.8) is 0 Å². The lowest BCUT2D eigenvalue weighted by Gasteiger charge is -2.22. The van der Waals surface area contributed by atoms with Crippen LogP contribution in [0.25, 0.3) is 0 Å². The van der Waals surface area contributed by atoms with Gasteiger partial charge in [0.1, 0.15) is 5.00 Å². The summed E-state index contributed by atoms with van der Waals surface area (Å²) in [6, 6.07) is 5.88. The van der Waals surface area contributed by atoms with Crippen LogP contribution in [0.3, 0.4) is 0 Å². The third-order valence-electron chi connectivity index (χ3n) is 5.58. The molecule has 1 aliphatic rings. The second-order valence-corrected chi connectivity index (χ2v) is 11.1. The maximum atomic E-state index is 12.9. The van der Waals surface area contributed by atoms with Crippen molar-refractivity contribution in [2.75, 3.05) is 39.5 Å². The molecule has 0 aliphatic carbocycles. The summed E-state index contributed by atoms with van der Waals surface area (Å²) in [5, 5.41) is 6.05. The summed E-state index contributed by atoms with van der Waals surface area (Å²) in [6.45, 7) is 4.04. The van der Waals surface area contributed by atoms with Crippen molar-refractivity contribution in [3.8, 4) is 0 Å². The lowest BCUT2D eigenvalue weighted by molar-refractivity contribution is 0.0963. The Hall–Kier alpha value is -2.27. The van der Waals surface area contributed by atoms with E-state index in [2.05, 4.69) is 15.5 Å². The average molecular weight is 479 g/mol. The number of hydrogen-bond donors (Lipinski definition) is 2. The van der Waals surface area contributed by atoms with Crippen LogP contribution in [-0.2, 0) is 23.0 Å². The Bertz CT molecular complexity index is 1090. The number of anilines is 1. The molecule has 32 heavy (non-hydrogen) atoms. The van der Waals surface area contributed by atoms with Crippen molar-refractivity contribution < 1.29 is 18.0 Å². The number of carbonyl (C=O) groups excluding carboxylic acids is 2. The molecule has 2 N–H and O–H groups in total. The smallest absolute Gasteiger partial charge is 0.256 e. The lowest BCUT2D eigenvalue weighted by atomic mass is 10.0. The SMILES string of the molecule is CCCCN(C)S(=O)(=O)c1ccc(C(=O)Nc2sc3c(c2C(=O)NC)CCN(C)C3)cc1. The summed E-state index contributed by atoms with van der Waals surface area (Å²) in [5.41, 5.74) is 1.83. The van der Waals surface area contributed by atoms with Crippen molar-refractivity contribution in [2.24, 2.45) is 0 Å². The highest BCUT2D eigenvalue weighted by molar-refractivity contribution is 7.89. The van der Waals surface area contributed by atoms with Crippen molar-refractivity contribution in [1.82, 2.24) is 14.5 Å². The van der Waals surface area contributed by atoms with Gasteiger partial charge in [0, 0.05) is 44.2 Å². The number of sulfonamides is 1. The summed E-state index contributed by atoms with van der Waals surface area (Å²) in [6.07, 6.45) is 2.43. The number of unbranched alkanes of at least 4 members (excludes halogenated alkanes) is 1. The first kappa shape index (κ1) is 24.4. The van der Waals surface area contributed by atoms with Crippen LogP contribution in [0.15, 0.2) is 29.2 Å². The van der Waals surface area contributed by atoms with Gasteiger partial charge in [0.05, 0.1) is 10.5 Å². The Labute approximate surface area is 193 Å². The number of hydrogen-bond acceptors (Lipinski definition) is 6. The number of amides is 2. The zero-order valence-electron chi connectivity index (χ0n) is 18.9. The minimum Gasteiger partial charge on any atom is -0.355 e. The van der Waals surface area contributed by atoms with Crippen LogP contribution in [0.2, 0.25) is 0 Å². The van der Waals surface area contributed by atoms with Crippen molar-refractivity contribution in [1.29, 1.82) is 0 Å². The molecule has 2 amide bonds. The van der Waals surface area contributed by atoms with Gasteiger partial charge in [0.15, 0.2) is 0 Å². The van der Waals surface area contributed by atoms with Crippen LogP contribution >= 0.6 is 11.3 Å². The second kappa shape index (κ2) is 10.1. The van der Waals surface area contributed by atoms with E-state index in [4.69, 9.17) is 0 Å². The molecule has 0 saturated heterocycles. The van der Waals surface area contributed by atoms with Crippen molar-refractivity contribution in [2.45, 2.75) is 37.6 Å². The van der Waals surface area contributed by atoms with Gasteiger partial charge in [-0.25, -0.2) is 12.7 Å². The van der Waals surface area contributed by atoms with E-state index in [0.29, 0.717) is 22.7 Å². The van der Waals surface area contributed by atoms with Gasteiger partial charge in [-0.2, -0.15) is 0 Å². The Morgan fingerprint density at radius 2 is 1.88 bits per heavy atom. The normalized spacial score (nSPS) is 14.3. The number of fused-ring (bicyclic) bond motifs is 1. The molecule has 10 heteroatoms. The Morgan fingerprint density at radius 1 is 1.19 bits per heavy atom. The quantitative estimate of drug-likeness (QED) is 0.608. The van der Waals surface area contributed by atoms with E-state index in [9.17, 15) is 18.0 Å². The molecule has 3 rings (SSSR count). The van der Waals surface area contributed by atoms with Gasteiger partial charge < -0.3 is 15.5 Å². The minimum atomic E-state index is -3.60. The van der Waals surface area contributed by atoms with E-state index in [1.807, 2.05) is 14.0 Å². The monoisotopic (exact) mass is 478 g/mol. The second-order valence-electron chi connectivity index (χ2n) is 7.93.